The van der Waals surface area contributed by atoms with Gasteiger partial charge in [-0.1, -0.05) is 201 Å². The van der Waals surface area contributed by atoms with Gasteiger partial charge in [-0.05, 0) is 116 Å². The monoisotopic (exact) mass is 903 g/mol. The highest BCUT2D eigenvalue weighted by molar-refractivity contribution is 5.71. The van der Waals surface area contributed by atoms with Gasteiger partial charge in [0.1, 0.15) is 13.2 Å². The lowest BCUT2D eigenvalue weighted by molar-refractivity contribution is -0.167. The van der Waals surface area contributed by atoms with Crippen molar-refractivity contribution in [2.24, 2.45) is 0 Å². The second-order valence-corrected chi connectivity index (χ2v) is 17.4. The summed E-state index contributed by atoms with van der Waals surface area (Å²) in [5.41, 5.74) is 0. The van der Waals surface area contributed by atoms with E-state index in [0.29, 0.717) is 19.3 Å². The summed E-state index contributed by atoms with van der Waals surface area (Å²) in [5, 5.41) is 0. The number of ether oxygens (including phenoxy) is 3. The fourth-order valence-electron chi connectivity index (χ4n) is 7.01. The summed E-state index contributed by atoms with van der Waals surface area (Å²) in [5.74, 6) is -0.939. The fraction of sp³-hybridized carbons (Fsp3) is 0.678. The highest BCUT2D eigenvalue weighted by atomic mass is 16.6. The Morgan fingerprint density at radius 3 is 1.00 bits per heavy atom. The SMILES string of the molecule is CC/C=C\C/C=C\C/C=C\C/C=C\C/C=C\CCCCCCCC(=O)OCC(COC(=O)CCCCCCC/C=C\CCCCC)OC(=O)CCCCCCC/C=C\C/C=C\CCCC. The van der Waals surface area contributed by atoms with E-state index < -0.39 is 6.10 Å². The Morgan fingerprint density at radius 1 is 0.323 bits per heavy atom. The molecular formula is C59H98O6. The maximum absolute atomic E-state index is 12.8. The maximum Gasteiger partial charge on any atom is 0.306 e. The Balaban J connectivity index is 4.42. The molecule has 1 atom stereocenters. The Bertz CT molecular complexity index is 1310. The van der Waals surface area contributed by atoms with Crippen LogP contribution in [0.4, 0.5) is 0 Å². The lowest BCUT2D eigenvalue weighted by Crippen LogP contribution is -2.30. The van der Waals surface area contributed by atoms with Crippen molar-refractivity contribution in [1.82, 2.24) is 0 Å². The molecule has 0 bridgehead atoms. The summed E-state index contributed by atoms with van der Waals surface area (Å²) in [7, 11) is 0. The summed E-state index contributed by atoms with van der Waals surface area (Å²) in [6, 6.07) is 0. The molecule has 0 radical (unpaired) electrons. The van der Waals surface area contributed by atoms with Gasteiger partial charge in [-0.2, -0.15) is 0 Å². The number of carbonyl (C=O) groups excluding carboxylic acids is 3. The average molecular weight is 903 g/mol. The average Bonchev–Trinajstić information content (AvgIpc) is 3.30. The van der Waals surface area contributed by atoms with Gasteiger partial charge in [0.15, 0.2) is 6.10 Å². The van der Waals surface area contributed by atoms with Crippen molar-refractivity contribution in [3.8, 4) is 0 Å². The Kier molecular flexibility index (Phi) is 50.0. The van der Waals surface area contributed by atoms with Gasteiger partial charge in [0.25, 0.3) is 0 Å². The molecule has 0 fully saturated rings. The number of hydrogen-bond donors (Lipinski definition) is 0. The predicted octanol–water partition coefficient (Wildman–Crippen LogP) is 17.8. The third-order valence-electron chi connectivity index (χ3n) is 11.0. The Morgan fingerprint density at radius 2 is 0.615 bits per heavy atom. The molecule has 0 rings (SSSR count). The van der Waals surface area contributed by atoms with Crippen LogP contribution in [-0.2, 0) is 28.6 Å². The molecule has 65 heavy (non-hydrogen) atoms. The highest BCUT2D eigenvalue weighted by Gasteiger charge is 2.19. The van der Waals surface area contributed by atoms with Crippen molar-refractivity contribution in [3.63, 3.8) is 0 Å². The van der Waals surface area contributed by atoms with Gasteiger partial charge >= 0.3 is 17.9 Å². The first kappa shape index (κ1) is 61.3. The van der Waals surface area contributed by atoms with Crippen LogP contribution in [0.1, 0.15) is 239 Å². The predicted molar refractivity (Wildman–Crippen MR) is 279 cm³/mol. The molecule has 0 aliphatic heterocycles. The highest BCUT2D eigenvalue weighted by Crippen LogP contribution is 2.13. The topological polar surface area (TPSA) is 78.9 Å². The van der Waals surface area contributed by atoms with Crippen LogP contribution in [0.5, 0.6) is 0 Å². The van der Waals surface area contributed by atoms with E-state index in [1.165, 1.54) is 51.4 Å². The molecule has 0 aromatic heterocycles. The number of unbranched alkanes of at least 4 members (excludes halogenated alkanes) is 20. The summed E-state index contributed by atoms with van der Waals surface area (Å²) < 4.78 is 16.8. The number of carbonyl (C=O) groups is 3. The zero-order chi connectivity index (χ0) is 47.2. The number of rotatable bonds is 47. The Hall–Kier alpha value is -3.67. The molecule has 1 unspecified atom stereocenters. The van der Waals surface area contributed by atoms with Crippen molar-refractivity contribution >= 4 is 17.9 Å². The molecule has 0 saturated heterocycles. The van der Waals surface area contributed by atoms with Crippen LogP contribution in [0.25, 0.3) is 0 Å². The van der Waals surface area contributed by atoms with Gasteiger partial charge in [-0.3, -0.25) is 14.4 Å². The first-order valence-corrected chi connectivity index (χ1v) is 26.7. The van der Waals surface area contributed by atoms with Gasteiger partial charge in [0.05, 0.1) is 0 Å². The van der Waals surface area contributed by atoms with Crippen LogP contribution < -0.4 is 0 Å². The van der Waals surface area contributed by atoms with Crippen LogP contribution in [-0.4, -0.2) is 37.2 Å². The lowest BCUT2D eigenvalue weighted by Gasteiger charge is -2.18. The molecule has 6 nitrogen and oxygen atoms in total. The van der Waals surface area contributed by atoms with E-state index in [2.05, 4.69) is 118 Å². The van der Waals surface area contributed by atoms with E-state index in [9.17, 15) is 14.4 Å². The first-order valence-electron chi connectivity index (χ1n) is 26.7. The van der Waals surface area contributed by atoms with Gasteiger partial charge < -0.3 is 14.2 Å². The zero-order valence-electron chi connectivity index (χ0n) is 42.2. The summed E-state index contributed by atoms with van der Waals surface area (Å²) in [6.45, 7) is 6.42. The van der Waals surface area contributed by atoms with Crippen LogP contribution >= 0.6 is 0 Å². The van der Waals surface area contributed by atoms with Crippen LogP contribution in [0.15, 0.2) is 97.2 Å². The molecule has 6 heteroatoms. The van der Waals surface area contributed by atoms with E-state index in [1.807, 2.05) is 0 Å². The van der Waals surface area contributed by atoms with Crippen molar-refractivity contribution in [1.29, 1.82) is 0 Å². The molecule has 0 aliphatic rings. The minimum absolute atomic E-state index is 0.0949. The first-order chi connectivity index (χ1) is 32.0. The molecule has 0 N–H and O–H groups in total. The quantitative estimate of drug-likeness (QED) is 0.0262. The molecule has 0 spiro atoms. The largest absolute Gasteiger partial charge is 0.462 e. The molecule has 370 valence electrons. The third kappa shape index (κ3) is 51.2. The summed E-state index contributed by atoms with van der Waals surface area (Å²) in [4.78, 5) is 38.0. The standard InChI is InChI=1S/C59H98O6/c1-4-7-10-13-16-19-22-25-27-28-29-30-31-32-33-35-37-40-43-46-49-52-58(61)64-55-56(54-63-57(60)51-48-45-42-39-36-24-21-18-15-12-9-6-3)65-59(62)53-50-47-44-41-38-34-26-23-20-17-14-11-8-5-2/h7,10,14,16-19,21,23,25-27,29-30,32-33,56H,4-6,8-9,11-13,15,20,22,24,28,31,34-55H2,1-3H3/b10-7-,17-14-,19-16-,21-18-,26-23-,27-25-,30-29-,33-32-. The van der Waals surface area contributed by atoms with E-state index >= 15 is 0 Å². The number of esters is 3. The van der Waals surface area contributed by atoms with Gasteiger partial charge in [-0.25, -0.2) is 0 Å². The smallest absolute Gasteiger partial charge is 0.306 e. The van der Waals surface area contributed by atoms with Crippen molar-refractivity contribution in [3.05, 3.63) is 97.2 Å². The molecular weight excluding hydrogens is 805 g/mol. The Labute approximate surface area is 400 Å². The van der Waals surface area contributed by atoms with E-state index in [4.69, 9.17) is 14.2 Å². The molecule has 0 amide bonds. The second-order valence-electron chi connectivity index (χ2n) is 17.4. The van der Waals surface area contributed by atoms with Crippen molar-refractivity contribution in [2.75, 3.05) is 13.2 Å². The van der Waals surface area contributed by atoms with E-state index in [0.717, 1.165) is 148 Å². The second kappa shape index (κ2) is 52.9. The van der Waals surface area contributed by atoms with Gasteiger partial charge in [0.2, 0.25) is 0 Å². The molecule has 0 aromatic rings. The maximum atomic E-state index is 12.8. The van der Waals surface area contributed by atoms with Gasteiger partial charge in [0, 0.05) is 19.3 Å². The molecule has 0 aliphatic carbocycles. The van der Waals surface area contributed by atoms with Crippen LogP contribution in [0.2, 0.25) is 0 Å². The number of allylic oxidation sites excluding steroid dienone is 16. The van der Waals surface area contributed by atoms with Crippen molar-refractivity contribution < 1.29 is 28.6 Å². The molecule has 0 saturated carbocycles. The van der Waals surface area contributed by atoms with E-state index in [-0.39, 0.29) is 31.1 Å². The minimum Gasteiger partial charge on any atom is -0.462 e. The normalized spacial score (nSPS) is 12.8. The summed E-state index contributed by atoms with van der Waals surface area (Å²) >= 11 is 0. The minimum atomic E-state index is -0.797. The third-order valence-corrected chi connectivity index (χ3v) is 11.0. The molecule has 0 heterocycles. The van der Waals surface area contributed by atoms with Crippen LogP contribution in [0, 0.1) is 0 Å². The van der Waals surface area contributed by atoms with E-state index in [1.54, 1.807) is 0 Å². The number of hydrogen-bond acceptors (Lipinski definition) is 6. The lowest BCUT2D eigenvalue weighted by atomic mass is 10.1. The van der Waals surface area contributed by atoms with Gasteiger partial charge in [-0.15, -0.1) is 0 Å². The molecule has 0 aromatic carbocycles. The van der Waals surface area contributed by atoms with Crippen LogP contribution in [0.3, 0.4) is 0 Å². The van der Waals surface area contributed by atoms with Crippen molar-refractivity contribution in [2.45, 2.75) is 245 Å². The zero-order valence-corrected chi connectivity index (χ0v) is 42.2. The fourth-order valence-corrected chi connectivity index (χ4v) is 7.01. The summed E-state index contributed by atoms with van der Waals surface area (Å²) in [6.07, 6.45) is 69.6.